The monoisotopic (exact) mass is 272 g/mol. The van der Waals surface area contributed by atoms with Crippen molar-refractivity contribution in [3.8, 4) is 0 Å². The van der Waals surface area contributed by atoms with Gasteiger partial charge >= 0.3 is 5.97 Å². The Morgan fingerprint density at radius 1 is 1.30 bits per heavy atom. The number of hydrogen-bond donors (Lipinski definition) is 2. The molecule has 1 aromatic heterocycles. The fourth-order valence-corrected chi connectivity index (χ4v) is 2.02. The fourth-order valence-electron chi connectivity index (χ4n) is 2.02. The van der Waals surface area contributed by atoms with Crippen LogP contribution in [-0.4, -0.2) is 28.5 Å². The maximum atomic E-state index is 12.2. The molecule has 2 N–H and O–H groups in total. The van der Waals surface area contributed by atoms with Crippen molar-refractivity contribution in [2.75, 3.05) is 6.54 Å². The number of fused-ring (bicyclic) bond motifs is 1. The molecule has 1 heterocycles. The number of amides is 1. The average Bonchev–Trinajstić information content (AvgIpc) is 2.43. The molecule has 0 aliphatic rings. The lowest BCUT2D eigenvalue weighted by Gasteiger charge is -2.11. The molecule has 1 aromatic carbocycles. The molecule has 0 saturated heterocycles. The number of carboxylic acid groups (broad SMARTS) is 1. The van der Waals surface area contributed by atoms with Gasteiger partial charge in [0.05, 0.1) is 11.1 Å². The number of aromatic nitrogens is 1. The maximum Gasteiger partial charge on any atom is 0.303 e. The van der Waals surface area contributed by atoms with E-state index < -0.39 is 5.97 Å². The summed E-state index contributed by atoms with van der Waals surface area (Å²) in [5.74, 6) is -1.20. The molecular weight excluding hydrogens is 256 g/mol. The molecular formula is C15H16N2O3. The van der Waals surface area contributed by atoms with Crippen LogP contribution in [0.2, 0.25) is 0 Å². The first-order valence-corrected chi connectivity index (χ1v) is 6.41. The lowest BCUT2D eigenvalue weighted by atomic mass is 10.1. The molecule has 0 saturated carbocycles. The van der Waals surface area contributed by atoms with Crippen molar-refractivity contribution in [2.24, 2.45) is 5.92 Å². The maximum absolute atomic E-state index is 12.2. The van der Waals surface area contributed by atoms with Crippen LogP contribution in [-0.2, 0) is 4.79 Å². The third-order valence-corrected chi connectivity index (χ3v) is 3.01. The minimum atomic E-state index is -0.862. The highest BCUT2D eigenvalue weighted by atomic mass is 16.4. The summed E-state index contributed by atoms with van der Waals surface area (Å²) in [4.78, 5) is 26.9. The zero-order chi connectivity index (χ0) is 14.5. The van der Waals surface area contributed by atoms with Crippen molar-refractivity contribution in [2.45, 2.75) is 13.3 Å². The number of carbonyl (C=O) groups is 2. The van der Waals surface area contributed by atoms with Gasteiger partial charge in [0, 0.05) is 24.5 Å². The molecule has 1 atom stereocenters. The molecule has 0 radical (unpaired) electrons. The number of nitrogens with one attached hydrogen (secondary N) is 1. The Balaban J connectivity index is 2.10. The fraction of sp³-hybridized carbons (Fsp3) is 0.267. The molecule has 104 valence electrons. The molecule has 0 aliphatic carbocycles. The second-order valence-electron chi connectivity index (χ2n) is 4.79. The van der Waals surface area contributed by atoms with Crippen molar-refractivity contribution < 1.29 is 14.7 Å². The smallest absolute Gasteiger partial charge is 0.303 e. The van der Waals surface area contributed by atoms with Gasteiger partial charge in [0.2, 0.25) is 0 Å². The predicted octanol–water partition coefficient (Wildman–Crippen LogP) is 2.08. The third-order valence-electron chi connectivity index (χ3n) is 3.01. The second-order valence-corrected chi connectivity index (χ2v) is 4.79. The first-order valence-electron chi connectivity index (χ1n) is 6.41. The Labute approximate surface area is 116 Å². The van der Waals surface area contributed by atoms with Gasteiger partial charge < -0.3 is 10.4 Å². The largest absolute Gasteiger partial charge is 0.481 e. The summed E-state index contributed by atoms with van der Waals surface area (Å²) in [7, 11) is 0. The van der Waals surface area contributed by atoms with Crippen LogP contribution in [0.5, 0.6) is 0 Å². The summed E-state index contributed by atoms with van der Waals surface area (Å²) >= 11 is 0. The highest BCUT2D eigenvalue weighted by Gasteiger charge is 2.13. The van der Waals surface area contributed by atoms with Crippen molar-refractivity contribution in [3.63, 3.8) is 0 Å². The van der Waals surface area contributed by atoms with E-state index in [9.17, 15) is 9.59 Å². The van der Waals surface area contributed by atoms with Gasteiger partial charge in [0.15, 0.2) is 0 Å². The number of carbonyl (C=O) groups excluding carboxylic acids is 1. The van der Waals surface area contributed by atoms with E-state index in [2.05, 4.69) is 10.3 Å². The van der Waals surface area contributed by atoms with E-state index in [0.717, 1.165) is 5.39 Å². The summed E-state index contributed by atoms with van der Waals surface area (Å²) in [5.41, 5.74) is 1.16. The third kappa shape index (κ3) is 3.32. The van der Waals surface area contributed by atoms with Gasteiger partial charge in [0.1, 0.15) is 0 Å². The Hall–Kier alpha value is -2.43. The Morgan fingerprint density at radius 3 is 2.80 bits per heavy atom. The predicted molar refractivity (Wildman–Crippen MR) is 75.5 cm³/mol. The molecule has 0 spiro atoms. The van der Waals surface area contributed by atoms with Gasteiger partial charge in [-0.3, -0.25) is 14.6 Å². The van der Waals surface area contributed by atoms with Crippen molar-refractivity contribution >= 4 is 22.8 Å². The number of nitrogens with zero attached hydrogens (tertiary/aromatic N) is 1. The minimum absolute atomic E-state index is 0.0358. The average molecular weight is 272 g/mol. The summed E-state index contributed by atoms with van der Waals surface area (Å²) in [5, 5.41) is 12.3. The van der Waals surface area contributed by atoms with E-state index in [1.807, 2.05) is 18.2 Å². The topological polar surface area (TPSA) is 79.3 Å². The van der Waals surface area contributed by atoms with E-state index in [1.54, 1.807) is 25.3 Å². The highest BCUT2D eigenvalue weighted by molar-refractivity contribution is 6.05. The van der Waals surface area contributed by atoms with Gasteiger partial charge in [0.25, 0.3) is 5.91 Å². The van der Waals surface area contributed by atoms with Gasteiger partial charge in [-0.2, -0.15) is 0 Å². The summed E-state index contributed by atoms with van der Waals surface area (Å²) in [6, 6.07) is 9.13. The molecule has 5 nitrogen and oxygen atoms in total. The molecule has 2 rings (SSSR count). The first kappa shape index (κ1) is 14.0. The van der Waals surface area contributed by atoms with Crippen LogP contribution in [0.1, 0.15) is 23.7 Å². The van der Waals surface area contributed by atoms with Gasteiger partial charge in [-0.15, -0.1) is 0 Å². The molecule has 0 aliphatic heterocycles. The van der Waals surface area contributed by atoms with Crippen LogP contribution in [0.4, 0.5) is 0 Å². The highest BCUT2D eigenvalue weighted by Crippen LogP contribution is 2.15. The van der Waals surface area contributed by atoms with Crippen molar-refractivity contribution in [1.82, 2.24) is 10.3 Å². The number of hydrogen-bond acceptors (Lipinski definition) is 3. The summed E-state index contributed by atoms with van der Waals surface area (Å²) in [6.45, 7) is 2.12. The molecule has 20 heavy (non-hydrogen) atoms. The van der Waals surface area contributed by atoms with E-state index >= 15 is 0 Å². The molecule has 5 heteroatoms. The lowest BCUT2D eigenvalue weighted by molar-refractivity contribution is -0.137. The lowest BCUT2D eigenvalue weighted by Crippen LogP contribution is -2.29. The standard InChI is InChI=1S/C15H16N2O3/c1-10(8-13(18)19)9-17-15(20)12-6-2-4-11-5-3-7-16-14(11)12/h2-7,10H,8-9H2,1H3,(H,17,20)(H,18,19). The number of aliphatic carboxylic acids is 1. The summed E-state index contributed by atoms with van der Waals surface area (Å²) in [6.07, 6.45) is 1.68. The van der Waals surface area contributed by atoms with E-state index in [1.165, 1.54) is 0 Å². The van der Waals surface area contributed by atoms with Gasteiger partial charge in [-0.1, -0.05) is 25.1 Å². The molecule has 1 amide bonds. The Morgan fingerprint density at radius 2 is 2.05 bits per heavy atom. The van der Waals surface area contributed by atoms with Crippen molar-refractivity contribution in [1.29, 1.82) is 0 Å². The number of benzene rings is 1. The van der Waals surface area contributed by atoms with E-state index in [4.69, 9.17) is 5.11 Å². The van der Waals surface area contributed by atoms with Gasteiger partial charge in [-0.25, -0.2) is 0 Å². The van der Waals surface area contributed by atoms with Crippen LogP contribution >= 0.6 is 0 Å². The van der Waals surface area contributed by atoms with Crippen LogP contribution in [0.25, 0.3) is 10.9 Å². The number of pyridine rings is 1. The number of rotatable bonds is 5. The van der Waals surface area contributed by atoms with E-state index in [-0.39, 0.29) is 18.2 Å². The number of para-hydroxylation sites is 1. The minimum Gasteiger partial charge on any atom is -0.481 e. The molecule has 0 bridgehead atoms. The quantitative estimate of drug-likeness (QED) is 0.873. The Kier molecular flexibility index (Phi) is 4.30. The zero-order valence-electron chi connectivity index (χ0n) is 11.2. The Bertz CT molecular complexity index is 635. The first-order chi connectivity index (χ1) is 9.58. The van der Waals surface area contributed by atoms with Crippen molar-refractivity contribution in [3.05, 3.63) is 42.1 Å². The summed E-state index contributed by atoms with van der Waals surface area (Å²) < 4.78 is 0. The van der Waals surface area contributed by atoms with Crippen LogP contribution in [0, 0.1) is 5.92 Å². The van der Waals surface area contributed by atoms with E-state index in [0.29, 0.717) is 17.6 Å². The SMILES string of the molecule is CC(CNC(=O)c1cccc2cccnc12)CC(=O)O. The van der Waals surface area contributed by atoms with Crippen LogP contribution in [0.15, 0.2) is 36.5 Å². The van der Waals surface area contributed by atoms with Gasteiger partial charge in [-0.05, 0) is 18.1 Å². The number of carboxylic acids is 1. The molecule has 1 unspecified atom stereocenters. The molecule has 2 aromatic rings. The van der Waals surface area contributed by atoms with Crippen LogP contribution in [0.3, 0.4) is 0 Å². The molecule has 0 fully saturated rings. The normalized spacial score (nSPS) is 12.1. The zero-order valence-corrected chi connectivity index (χ0v) is 11.2. The second kappa shape index (κ2) is 6.14. The van der Waals surface area contributed by atoms with Crippen LogP contribution < -0.4 is 5.32 Å².